The van der Waals surface area contributed by atoms with E-state index in [2.05, 4.69) is 20.4 Å². The summed E-state index contributed by atoms with van der Waals surface area (Å²) in [5.41, 5.74) is 2.06. The van der Waals surface area contributed by atoms with Crippen LogP contribution in [0, 0.1) is 0 Å². The third-order valence-electron chi connectivity index (χ3n) is 4.14. The maximum atomic E-state index is 12.5. The summed E-state index contributed by atoms with van der Waals surface area (Å²) in [6, 6.07) is 14.0. The summed E-state index contributed by atoms with van der Waals surface area (Å²) >= 11 is 6.15. The smallest absolute Gasteiger partial charge is 0.273 e. The van der Waals surface area contributed by atoms with Gasteiger partial charge in [0.25, 0.3) is 5.91 Å². The Balaban J connectivity index is 1.70. The van der Waals surface area contributed by atoms with E-state index < -0.39 is 15.9 Å². The molecule has 0 aliphatic carbocycles. The van der Waals surface area contributed by atoms with Crippen molar-refractivity contribution in [1.82, 2.24) is 25.0 Å². The highest BCUT2D eigenvalue weighted by Gasteiger charge is 2.17. The molecule has 3 rings (SSSR count). The molecular formula is C20H22ClN5O3S. The quantitative estimate of drug-likeness (QED) is 0.552. The molecule has 2 aromatic carbocycles. The number of para-hydroxylation sites is 1. The molecule has 1 aromatic heterocycles. The molecule has 1 heterocycles. The molecule has 158 valence electrons. The van der Waals surface area contributed by atoms with E-state index in [1.165, 1.54) is 10.9 Å². The highest BCUT2D eigenvalue weighted by Crippen LogP contribution is 2.19. The standard InChI is InChI=1S/C20H22ClN5O3S/c1-14(2)24-30(28,29)13-16-8-4-3-7-15(16)11-22-20(27)18-12-26(25-23-18)19-10-6-5-9-17(19)21/h3-10,12,14,24H,11,13H2,1-2H3,(H,22,27). The topological polar surface area (TPSA) is 106 Å². The molecule has 10 heteroatoms. The molecule has 0 radical (unpaired) electrons. The van der Waals surface area contributed by atoms with Crippen molar-refractivity contribution in [2.75, 3.05) is 0 Å². The van der Waals surface area contributed by atoms with Crippen molar-refractivity contribution in [2.24, 2.45) is 0 Å². The molecule has 3 aromatic rings. The van der Waals surface area contributed by atoms with Gasteiger partial charge in [-0.05, 0) is 37.1 Å². The molecule has 2 N–H and O–H groups in total. The minimum absolute atomic E-state index is 0.126. The first kappa shape index (κ1) is 21.9. The van der Waals surface area contributed by atoms with Crippen molar-refractivity contribution in [3.05, 3.63) is 76.6 Å². The van der Waals surface area contributed by atoms with Gasteiger partial charge in [0.15, 0.2) is 5.69 Å². The van der Waals surface area contributed by atoms with E-state index in [-0.39, 0.29) is 24.0 Å². The number of nitrogens with one attached hydrogen (secondary N) is 2. The van der Waals surface area contributed by atoms with Crippen LogP contribution in [0.15, 0.2) is 54.7 Å². The van der Waals surface area contributed by atoms with Crippen molar-refractivity contribution in [2.45, 2.75) is 32.2 Å². The van der Waals surface area contributed by atoms with Gasteiger partial charge in [0, 0.05) is 12.6 Å². The first-order valence-electron chi connectivity index (χ1n) is 9.27. The second kappa shape index (κ2) is 9.38. The number of hydrogen-bond acceptors (Lipinski definition) is 5. The fraction of sp³-hybridized carbons (Fsp3) is 0.250. The highest BCUT2D eigenvalue weighted by atomic mass is 35.5. The third-order valence-corrected chi connectivity index (χ3v) is 5.99. The molecule has 0 aliphatic rings. The van der Waals surface area contributed by atoms with Crippen LogP contribution in [-0.4, -0.2) is 35.4 Å². The van der Waals surface area contributed by atoms with Gasteiger partial charge in [0.05, 0.1) is 22.7 Å². The van der Waals surface area contributed by atoms with E-state index in [1.54, 1.807) is 56.3 Å². The molecular weight excluding hydrogens is 426 g/mol. The fourth-order valence-corrected chi connectivity index (χ4v) is 4.58. The number of carbonyl (C=O) groups excluding carboxylic acids is 1. The lowest BCUT2D eigenvalue weighted by Crippen LogP contribution is -2.32. The van der Waals surface area contributed by atoms with Crippen LogP contribution in [-0.2, 0) is 22.3 Å². The number of nitrogens with zero attached hydrogens (tertiary/aromatic N) is 3. The van der Waals surface area contributed by atoms with Gasteiger partial charge in [0.2, 0.25) is 10.0 Å². The molecule has 0 saturated heterocycles. The Kier molecular flexibility index (Phi) is 6.86. The second-order valence-corrected chi connectivity index (χ2v) is 9.14. The molecule has 0 atom stereocenters. The summed E-state index contributed by atoms with van der Waals surface area (Å²) in [6.07, 6.45) is 1.49. The summed E-state index contributed by atoms with van der Waals surface area (Å²) in [6.45, 7) is 3.68. The highest BCUT2D eigenvalue weighted by molar-refractivity contribution is 7.88. The Labute approximate surface area is 180 Å². The Morgan fingerprint density at radius 2 is 1.77 bits per heavy atom. The Bertz CT molecular complexity index is 1140. The molecule has 0 saturated carbocycles. The van der Waals surface area contributed by atoms with E-state index >= 15 is 0 Å². The second-order valence-electron chi connectivity index (χ2n) is 6.98. The zero-order chi connectivity index (χ0) is 21.7. The number of carbonyl (C=O) groups is 1. The number of aromatic nitrogens is 3. The van der Waals surface area contributed by atoms with E-state index in [1.807, 2.05) is 6.07 Å². The third kappa shape index (κ3) is 5.65. The summed E-state index contributed by atoms with van der Waals surface area (Å²) in [7, 11) is -3.48. The average Bonchev–Trinajstić information content (AvgIpc) is 3.16. The van der Waals surface area contributed by atoms with Crippen LogP contribution in [0.5, 0.6) is 0 Å². The maximum absolute atomic E-state index is 12.5. The van der Waals surface area contributed by atoms with Crippen molar-refractivity contribution in [3.8, 4) is 5.69 Å². The normalized spacial score (nSPS) is 11.6. The molecule has 0 spiro atoms. The molecule has 1 amide bonds. The van der Waals surface area contributed by atoms with Gasteiger partial charge >= 0.3 is 0 Å². The molecule has 0 fully saturated rings. The summed E-state index contributed by atoms with van der Waals surface area (Å²) in [5, 5.41) is 11.1. The van der Waals surface area contributed by atoms with Crippen molar-refractivity contribution >= 4 is 27.5 Å². The zero-order valence-electron chi connectivity index (χ0n) is 16.5. The Morgan fingerprint density at radius 3 is 2.47 bits per heavy atom. The van der Waals surface area contributed by atoms with Crippen LogP contribution in [0.3, 0.4) is 0 Å². The molecule has 0 aliphatic heterocycles. The minimum atomic E-state index is -3.48. The van der Waals surface area contributed by atoms with Crippen LogP contribution >= 0.6 is 11.6 Å². The minimum Gasteiger partial charge on any atom is -0.347 e. The van der Waals surface area contributed by atoms with E-state index in [9.17, 15) is 13.2 Å². The SMILES string of the molecule is CC(C)NS(=O)(=O)Cc1ccccc1CNC(=O)c1cn(-c2ccccc2Cl)nn1. The van der Waals surface area contributed by atoms with E-state index in [0.717, 1.165) is 0 Å². The number of halogens is 1. The van der Waals surface area contributed by atoms with Crippen molar-refractivity contribution < 1.29 is 13.2 Å². The Morgan fingerprint density at radius 1 is 1.10 bits per heavy atom. The van der Waals surface area contributed by atoms with Gasteiger partial charge in [-0.3, -0.25) is 4.79 Å². The number of sulfonamides is 1. The predicted molar refractivity (Wildman–Crippen MR) is 115 cm³/mol. The van der Waals surface area contributed by atoms with Gasteiger partial charge in [-0.25, -0.2) is 17.8 Å². The lowest BCUT2D eigenvalue weighted by Gasteiger charge is -2.13. The lowest BCUT2D eigenvalue weighted by atomic mass is 10.1. The average molecular weight is 448 g/mol. The van der Waals surface area contributed by atoms with Crippen LogP contribution < -0.4 is 10.0 Å². The van der Waals surface area contributed by atoms with Crippen molar-refractivity contribution in [1.29, 1.82) is 0 Å². The van der Waals surface area contributed by atoms with E-state index in [0.29, 0.717) is 21.8 Å². The molecule has 0 bridgehead atoms. The molecule has 0 unspecified atom stereocenters. The van der Waals surface area contributed by atoms with Gasteiger partial charge in [-0.15, -0.1) is 5.10 Å². The lowest BCUT2D eigenvalue weighted by molar-refractivity contribution is 0.0946. The number of benzene rings is 2. The molecule has 8 nitrogen and oxygen atoms in total. The summed E-state index contributed by atoms with van der Waals surface area (Å²) in [4.78, 5) is 12.5. The van der Waals surface area contributed by atoms with Crippen LogP contribution in [0.4, 0.5) is 0 Å². The van der Waals surface area contributed by atoms with Gasteiger partial charge in [-0.1, -0.05) is 53.2 Å². The van der Waals surface area contributed by atoms with Crippen molar-refractivity contribution in [3.63, 3.8) is 0 Å². The fourth-order valence-electron chi connectivity index (χ4n) is 2.87. The van der Waals surface area contributed by atoms with E-state index in [4.69, 9.17) is 11.6 Å². The number of rotatable bonds is 8. The van der Waals surface area contributed by atoms with Gasteiger partial charge in [0.1, 0.15) is 0 Å². The van der Waals surface area contributed by atoms with Crippen LogP contribution in [0.1, 0.15) is 35.5 Å². The zero-order valence-corrected chi connectivity index (χ0v) is 18.1. The first-order valence-corrected chi connectivity index (χ1v) is 11.3. The summed E-state index contributed by atoms with van der Waals surface area (Å²) in [5.74, 6) is -0.592. The Hall–Kier alpha value is -2.75. The van der Waals surface area contributed by atoms with Gasteiger partial charge in [-0.2, -0.15) is 0 Å². The van der Waals surface area contributed by atoms with Crippen LogP contribution in [0.2, 0.25) is 5.02 Å². The van der Waals surface area contributed by atoms with Gasteiger partial charge < -0.3 is 5.32 Å². The summed E-state index contributed by atoms with van der Waals surface area (Å²) < 4.78 is 28.5. The van der Waals surface area contributed by atoms with Crippen LogP contribution in [0.25, 0.3) is 5.69 Å². The largest absolute Gasteiger partial charge is 0.347 e. The number of amides is 1. The predicted octanol–water partition coefficient (Wildman–Crippen LogP) is 2.68. The number of hydrogen-bond donors (Lipinski definition) is 2. The maximum Gasteiger partial charge on any atom is 0.273 e. The monoisotopic (exact) mass is 447 g/mol. The first-order chi connectivity index (χ1) is 14.2. The molecule has 30 heavy (non-hydrogen) atoms.